The summed E-state index contributed by atoms with van der Waals surface area (Å²) in [6.07, 6.45) is 3.37. The Morgan fingerprint density at radius 2 is 1.55 bits per heavy atom. The Bertz CT molecular complexity index is 531. The van der Waals surface area contributed by atoms with E-state index in [-0.39, 0.29) is 5.91 Å². The highest BCUT2D eigenvalue weighted by atomic mass is 16.1. The molecule has 0 aliphatic carbocycles. The molecule has 2 rings (SSSR count). The van der Waals surface area contributed by atoms with Crippen LogP contribution >= 0.6 is 0 Å². The largest absolute Gasteiger partial charge is 0.352 e. The maximum Gasteiger partial charge on any atom is 0.251 e. The standard InChI is InChI=1S/C18H21NO/c1-2-3-7-14-19-18(20)17-12-10-16(11-13-17)15-8-5-4-6-9-15/h4-6,8-13H,2-3,7,14H2,1H3,(H,19,20). The van der Waals surface area contributed by atoms with Crippen molar-refractivity contribution >= 4 is 5.91 Å². The topological polar surface area (TPSA) is 29.1 Å². The highest BCUT2D eigenvalue weighted by Gasteiger charge is 2.04. The van der Waals surface area contributed by atoms with Gasteiger partial charge in [0.2, 0.25) is 0 Å². The van der Waals surface area contributed by atoms with Crippen molar-refractivity contribution in [1.82, 2.24) is 5.32 Å². The number of benzene rings is 2. The van der Waals surface area contributed by atoms with Gasteiger partial charge in [-0.2, -0.15) is 0 Å². The molecule has 0 saturated heterocycles. The van der Waals surface area contributed by atoms with Crippen molar-refractivity contribution in [2.75, 3.05) is 6.54 Å². The van der Waals surface area contributed by atoms with Crippen molar-refractivity contribution in [3.63, 3.8) is 0 Å². The van der Waals surface area contributed by atoms with Crippen LogP contribution in [0.15, 0.2) is 54.6 Å². The second kappa shape index (κ2) is 7.49. The summed E-state index contributed by atoms with van der Waals surface area (Å²) in [5, 5.41) is 2.95. The molecule has 2 heteroatoms. The lowest BCUT2D eigenvalue weighted by atomic mass is 10.0. The van der Waals surface area contributed by atoms with E-state index in [0.717, 1.165) is 30.5 Å². The average Bonchev–Trinajstić information content (AvgIpc) is 2.52. The minimum atomic E-state index is 0.0146. The van der Waals surface area contributed by atoms with Gasteiger partial charge < -0.3 is 5.32 Å². The van der Waals surface area contributed by atoms with E-state index in [1.165, 1.54) is 12.0 Å². The van der Waals surface area contributed by atoms with Gasteiger partial charge in [-0.1, -0.05) is 62.2 Å². The van der Waals surface area contributed by atoms with Crippen LogP contribution in [0.4, 0.5) is 0 Å². The Morgan fingerprint density at radius 3 is 2.20 bits per heavy atom. The number of carbonyl (C=O) groups is 1. The minimum Gasteiger partial charge on any atom is -0.352 e. The molecule has 2 aromatic carbocycles. The molecule has 0 heterocycles. The summed E-state index contributed by atoms with van der Waals surface area (Å²) in [5.41, 5.74) is 3.02. The number of hydrogen-bond donors (Lipinski definition) is 1. The maximum absolute atomic E-state index is 11.9. The van der Waals surface area contributed by atoms with E-state index < -0.39 is 0 Å². The average molecular weight is 267 g/mol. The molecular formula is C18H21NO. The van der Waals surface area contributed by atoms with Gasteiger partial charge in [0.1, 0.15) is 0 Å². The first-order chi connectivity index (χ1) is 9.81. The summed E-state index contributed by atoms with van der Waals surface area (Å²) in [4.78, 5) is 11.9. The number of unbranched alkanes of at least 4 members (excludes halogenated alkanes) is 2. The quantitative estimate of drug-likeness (QED) is 0.778. The van der Waals surface area contributed by atoms with E-state index in [2.05, 4.69) is 24.4 Å². The third-order valence-corrected chi connectivity index (χ3v) is 3.32. The SMILES string of the molecule is CCCCCNC(=O)c1ccc(-c2ccccc2)cc1. The maximum atomic E-state index is 11.9. The molecule has 0 fully saturated rings. The third kappa shape index (κ3) is 3.95. The van der Waals surface area contributed by atoms with Crippen LogP contribution in [0.3, 0.4) is 0 Å². The van der Waals surface area contributed by atoms with Gasteiger partial charge in [0.05, 0.1) is 0 Å². The van der Waals surface area contributed by atoms with E-state index in [1.807, 2.05) is 42.5 Å². The van der Waals surface area contributed by atoms with Gasteiger partial charge in [0.25, 0.3) is 5.91 Å². The van der Waals surface area contributed by atoms with E-state index in [1.54, 1.807) is 0 Å². The summed E-state index contributed by atoms with van der Waals surface area (Å²) in [6, 6.07) is 17.9. The molecule has 20 heavy (non-hydrogen) atoms. The molecule has 0 aromatic heterocycles. The predicted molar refractivity (Wildman–Crippen MR) is 83.7 cm³/mol. The van der Waals surface area contributed by atoms with E-state index in [9.17, 15) is 4.79 Å². The molecule has 0 unspecified atom stereocenters. The first-order valence-corrected chi connectivity index (χ1v) is 7.25. The highest BCUT2D eigenvalue weighted by Crippen LogP contribution is 2.19. The van der Waals surface area contributed by atoms with Crippen molar-refractivity contribution in [1.29, 1.82) is 0 Å². The van der Waals surface area contributed by atoms with Crippen molar-refractivity contribution in [3.05, 3.63) is 60.2 Å². The van der Waals surface area contributed by atoms with Gasteiger partial charge in [-0.25, -0.2) is 0 Å². The summed E-state index contributed by atoms with van der Waals surface area (Å²) < 4.78 is 0. The molecular weight excluding hydrogens is 246 g/mol. The Hall–Kier alpha value is -2.09. The van der Waals surface area contributed by atoms with Crippen LogP contribution in [0.25, 0.3) is 11.1 Å². The highest BCUT2D eigenvalue weighted by molar-refractivity contribution is 5.94. The first-order valence-electron chi connectivity index (χ1n) is 7.25. The molecule has 1 N–H and O–H groups in total. The summed E-state index contributed by atoms with van der Waals surface area (Å²) >= 11 is 0. The van der Waals surface area contributed by atoms with Gasteiger partial charge in [0, 0.05) is 12.1 Å². The van der Waals surface area contributed by atoms with Crippen LogP contribution in [0, 0.1) is 0 Å². The van der Waals surface area contributed by atoms with Crippen LogP contribution in [0.5, 0.6) is 0 Å². The van der Waals surface area contributed by atoms with Crippen LogP contribution in [0.2, 0.25) is 0 Å². The lowest BCUT2D eigenvalue weighted by molar-refractivity contribution is 0.0953. The van der Waals surface area contributed by atoms with Gasteiger partial charge >= 0.3 is 0 Å². The van der Waals surface area contributed by atoms with E-state index in [4.69, 9.17) is 0 Å². The fourth-order valence-corrected chi connectivity index (χ4v) is 2.12. The Labute approximate surface area is 120 Å². The lowest BCUT2D eigenvalue weighted by Crippen LogP contribution is -2.24. The number of nitrogens with one attached hydrogen (secondary N) is 1. The molecule has 1 amide bonds. The molecule has 0 spiro atoms. The van der Waals surface area contributed by atoms with Gasteiger partial charge in [-0.05, 0) is 29.7 Å². The van der Waals surface area contributed by atoms with Gasteiger partial charge in [0.15, 0.2) is 0 Å². The third-order valence-electron chi connectivity index (χ3n) is 3.32. The van der Waals surface area contributed by atoms with Crippen molar-refractivity contribution in [3.8, 4) is 11.1 Å². The zero-order valence-electron chi connectivity index (χ0n) is 11.9. The molecule has 2 aromatic rings. The fraction of sp³-hybridized carbons (Fsp3) is 0.278. The Kier molecular flexibility index (Phi) is 5.36. The summed E-state index contributed by atoms with van der Waals surface area (Å²) in [6.45, 7) is 2.91. The molecule has 0 aliphatic rings. The molecule has 0 bridgehead atoms. The van der Waals surface area contributed by atoms with Crippen LogP contribution in [0.1, 0.15) is 36.5 Å². The number of rotatable bonds is 6. The summed E-state index contributed by atoms with van der Waals surface area (Å²) in [7, 11) is 0. The number of amides is 1. The van der Waals surface area contributed by atoms with Crippen molar-refractivity contribution < 1.29 is 4.79 Å². The van der Waals surface area contributed by atoms with Gasteiger partial charge in [-0.3, -0.25) is 4.79 Å². The predicted octanol–water partition coefficient (Wildman–Crippen LogP) is 4.27. The van der Waals surface area contributed by atoms with Gasteiger partial charge in [-0.15, -0.1) is 0 Å². The molecule has 0 saturated carbocycles. The second-order valence-corrected chi connectivity index (χ2v) is 4.91. The zero-order chi connectivity index (χ0) is 14.2. The molecule has 0 radical (unpaired) electrons. The Morgan fingerprint density at radius 1 is 0.900 bits per heavy atom. The Balaban J connectivity index is 1.96. The number of hydrogen-bond acceptors (Lipinski definition) is 1. The molecule has 2 nitrogen and oxygen atoms in total. The van der Waals surface area contributed by atoms with E-state index in [0.29, 0.717) is 0 Å². The van der Waals surface area contributed by atoms with Crippen LogP contribution in [-0.2, 0) is 0 Å². The zero-order valence-corrected chi connectivity index (χ0v) is 11.9. The first kappa shape index (κ1) is 14.3. The second-order valence-electron chi connectivity index (χ2n) is 4.91. The fourth-order valence-electron chi connectivity index (χ4n) is 2.12. The van der Waals surface area contributed by atoms with Crippen LogP contribution in [-0.4, -0.2) is 12.5 Å². The molecule has 0 aliphatic heterocycles. The number of carbonyl (C=O) groups excluding carboxylic acids is 1. The van der Waals surface area contributed by atoms with Crippen LogP contribution < -0.4 is 5.32 Å². The van der Waals surface area contributed by atoms with Crippen molar-refractivity contribution in [2.24, 2.45) is 0 Å². The van der Waals surface area contributed by atoms with Crippen molar-refractivity contribution in [2.45, 2.75) is 26.2 Å². The normalized spacial score (nSPS) is 10.2. The summed E-state index contributed by atoms with van der Waals surface area (Å²) in [5.74, 6) is 0.0146. The molecule has 104 valence electrons. The van der Waals surface area contributed by atoms with E-state index >= 15 is 0 Å². The monoisotopic (exact) mass is 267 g/mol. The smallest absolute Gasteiger partial charge is 0.251 e. The lowest BCUT2D eigenvalue weighted by Gasteiger charge is -2.06. The minimum absolute atomic E-state index is 0.0146. The molecule has 0 atom stereocenters.